The predicted molar refractivity (Wildman–Crippen MR) is 89.0 cm³/mol. The summed E-state index contributed by atoms with van der Waals surface area (Å²) >= 11 is 0. The van der Waals surface area contributed by atoms with Gasteiger partial charge in [-0.25, -0.2) is 4.39 Å². The van der Waals surface area contributed by atoms with Crippen molar-refractivity contribution in [3.63, 3.8) is 0 Å². The van der Waals surface area contributed by atoms with Gasteiger partial charge in [-0.1, -0.05) is 45.9 Å². The van der Waals surface area contributed by atoms with E-state index in [-0.39, 0.29) is 17.3 Å². The van der Waals surface area contributed by atoms with E-state index in [1.807, 2.05) is 12.1 Å². The molecule has 1 aromatic rings. The summed E-state index contributed by atoms with van der Waals surface area (Å²) in [6, 6.07) is 7.54. The lowest BCUT2D eigenvalue weighted by molar-refractivity contribution is 0.128. The second-order valence-corrected chi connectivity index (χ2v) is 7.01. The summed E-state index contributed by atoms with van der Waals surface area (Å²) in [7, 11) is 2.12. The van der Waals surface area contributed by atoms with Gasteiger partial charge in [-0.15, -0.1) is 0 Å². The Bertz CT molecular complexity index is 425. The van der Waals surface area contributed by atoms with Crippen molar-refractivity contribution in [2.45, 2.75) is 53.1 Å². The standard InChI is InChI=1S/C18H31FN2/c1-7-12-20-17(15-10-8-9-11-16(15)19)13-21(6)14(2)18(3,4)5/h8-11,14,17,20H,7,12-13H2,1-6H3. The molecule has 0 bridgehead atoms. The van der Waals surface area contributed by atoms with Crippen LogP contribution in [0.1, 0.15) is 52.6 Å². The third-order valence-corrected chi connectivity index (χ3v) is 4.31. The molecule has 120 valence electrons. The fraction of sp³-hybridized carbons (Fsp3) is 0.667. The van der Waals surface area contributed by atoms with Gasteiger partial charge in [0.15, 0.2) is 0 Å². The van der Waals surface area contributed by atoms with Gasteiger partial charge in [0.25, 0.3) is 0 Å². The van der Waals surface area contributed by atoms with Gasteiger partial charge in [0.2, 0.25) is 0 Å². The number of nitrogens with one attached hydrogen (secondary N) is 1. The molecule has 0 aliphatic heterocycles. The fourth-order valence-corrected chi connectivity index (χ4v) is 2.46. The average Bonchev–Trinajstić information content (AvgIpc) is 2.42. The number of halogens is 1. The first kappa shape index (κ1) is 18.1. The molecule has 2 nitrogen and oxygen atoms in total. The van der Waals surface area contributed by atoms with E-state index in [9.17, 15) is 4.39 Å². The summed E-state index contributed by atoms with van der Waals surface area (Å²) in [4.78, 5) is 2.32. The van der Waals surface area contributed by atoms with E-state index in [0.29, 0.717) is 6.04 Å². The van der Waals surface area contributed by atoms with E-state index >= 15 is 0 Å². The number of hydrogen-bond donors (Lipinski definition) is 1. The number of likely N-dealkylation sites (N-methyl/N-ethyl adjacent to an activating group) is 1. The van der Waals surface area contributed by atoms with Crippen LogP contribution in [0.2, 0.25) is 0 Å². The van der Waals surface area contributed by atoms with Crippen molar-refractivity contribution in [2.24, 2.45) is 5.41 Å². The van der Waals surface area contributed by atoms with Crippen molar-refractivity contribution in [3.8, 4) is 0 Å². The van der Waals surface area contributed by atoms with Crippen LogP contribution in [-0.4, -0.2) is 31.1 Å². The zero-order valence-corrected chi connectivity index (χ0v) is 14.4. The Morgan fingerprint density at radius 2 is 1.86 bits per heavy atom. The Balaban J connectivity index is 2.87. The first-order valence-electron chi connectivity index (χ1n) is 7.95. The van der Waals surface area contributed by atoms with Crippen LogP contribution in [0.4, 0.5) is 4.39 Å². The summed E-state index contributed by atoms with van der Waals surface area (Å²) in [6.07, 6.45) is 1.05. The highest BCUT2D eigenvalue weighted by Gasteiger charge is 2.26. The second-order valence-electron chi connectivity index (χ2n) is 7.01. The maximum absolute atomic E-state index is 14.1. The molecule has 0 fully saturated rings. The summed E-state index contributed by atoms with van der Waals surface area (Å²) in [5, 5.41) is 3.48. The van der Waals surface area contributed by atoms with Crippen LogP contribution < -0.4 is 5.32 Å². The van der Waals surface area contributed by atoms with Crippen molar-refractivity contribution in [1.82, 2.24) is 10.2 Å². The molecule has 21 heavy (non-hydrogen) atoms. The van der Waals surface area contributed by atoms with Crippen LogP contribution in [-0.2, 0) is 0 Å². The van der Waals surface area contributed by atoms with Crippen LogP contribution >= 0.6 is 0 Å². The molecule has 0 radical (unpaired) electrons. The van der Waals surface area contributed by atoms with Crippen LogP contribution in [0.15, 0.2) is 24.3 Å². The van der Waals surface area contributed by atoms with Crippen LogP contribution in [0.3, 0.4) is 0 Å². The molecule has 2 atom stereocenters. The molecular weight excluding hydrogens is 263 g/mol. The summed E-state index contributed by atoms with van der Waals surface area (Å²) in [5.41, 5.74) is 0.971. The minimum absolute atomic E-state index is 0.0287. The third-order valence-electron chi connectivity index (χ3n) is 4.31. The minimum Gasteiger partial charge on any atom is -0.309 e. The van der Waals surface area contributed by atoms with Crippen LogP contribution in [0.5, 0.6) is 0 Å². The largest absolute Gasteiger partial charge is 0.309 e. The Morgan fingerprint density at radius 3 is 2.38 bits per heavy atom. The van der Waals surface area contributed by atoms with Gasteiger partial charge in [-0.2, -0.15) is 0 Å². The summed E-state index contributed by atoms with van der Waals surface area (Å²) < 4.78 is 14.1. The summed E-state index contributed by atoms with van der Waals surface area (Å²) in [5.74, 6) is -0.122. The smallest absolute Gasteiger partial charge is 0.128 e. The van der Waals surface area contributed by atoms with Crippen LogP contribution in [0, 0.1) is 11.2 Å². The molecule has 0 aromatic heterocycles. The molecule has 2 unspecified atom stereocenters. The fourth-order valence-electron chi connectivity index (χ4n) is 2.46. The highest BCUT2D eigenvalue weighted by molar-refractivity contribution is 5.21. The Morgan fingerprint density at radius 1 is 1.24 bits per heavy atom. The van der Waals surface area contributed by atoms with E-state index < -0.39 is 0 Å². The zero-order chi connectivity index (χ0) is 16.0. The Hall–Kier alpha value is -0.930. The molecular formula is C18H31FN2. The highest BCUT2D eigenvalue weighted by Crippen LogP contribution is 2.25. The Kier molecular flexibility index (Phi) is 6.82. The van der Waals surface area contributed by atoms with E-state index in [1.54, 1.807) is 12.1 Å². The normalized spacial score (nSPS) is 15.2. The number of hydrogen-bond acceptors (Lipinski definition) is 2. The molecule has 0 aliphatic rings. The number of benzene rings is 1. The molecule has 0 saturated heterocycles. The highest BCUT2D eigenvalue weighted by atomic mass is 19.1. The third kappa shape index (κ3) is 5.40. The number of nitrogens with zero attached hydrogens (tertiary/aromatic N) is 1. The molecule has 0 spiro atoms. The van der Waals surface area contributed by atoms with Gasteiger partial charge in [0.05, 0.1) is 0 Å². The van der Waals surface area contributed by atoms with Gasteiger partial charge in [0.1, 0.15) is 5.82 Å². The van der Waals surface area contributed by atoms with Gasteiger partial charge in [-0.05, 0) is 38.4 Å². The average molecular weight is 294 g/mol. The van der Waals surface area contributed by atoms with Gasteiger partial charge in [-0.3, -0.25) is 0 Å². The van der Waals surface area contributed by atoms with Crippen molar-refractivity contribution in [1.29, 1.82) is 0 Å². The predicted octanol–water partition coefficient (Wildman–Crippen LogP) is 4.23. The molecule has 0 heterocycles. The Labute approximate surface area is 129 Å². The van der Waals surface area contributed by atoms with Crippen molar-refractivity contribution in [3.05, 3.63) is 35.6 Å². The lowest BCUT2D eigenvalue weighted by Crippen LogP contribution is -2.43. The molecule has 1 N–H and O–H groups in total. The quantitative estimate of drug-likeness (QED) is 0.809. The van der Waals surface area contributed by atoms with Crippen molar-refractivity contribution >= 4 is 0 Å². The maximum atomic E-state index is 14.1. The molecule has 1 rings (SSSR count). The maximum Gasteiger partial charge on any atom is 0.128 e. The van der Waals surface area contributed by atoms with Crippen molar-refractivity contribution in [2.75, 3.05) is 20.1 Å². The molecule has 0 saturated carbocycles. The van der Waals surface area contributed by atoms with E-state index in [1.165, 1.54) is 0 Å². The topological polar surface area (TPSA) is 15.3 Å². The minimum atomic E-state index is -0.122. The molecule has 0 amide bonds. The van der Waals surface area contributed by atoms with Crippen LogP contribution in [0.25, 0.3) is 0 Å². The number of rotatable bonds is 7. The molecule has 0 aliphatic carbocycles. The molecule has 3 heteroatoms. The van der Waals surface area contributed by atoms with Gasteiger partial charge >= 0.3 is 0 Å². The first-order valence-corrected chi connectivity index (χ1v) is 7.95. The second kappa shape index (κ2) is 7.90. The van der Waals surface area contributed by atoms with Gasteiger partial charge < -0.3 is 10.2 Å². The molecule has 1 aromatic carbocycles. The van der Waals surface area contributed by atoms with Crippen molar-refractivity contribution < 1.29 is 4.39 Å². The van der Waals surface area contributed by atoms with E-state index in [4.69, 9.17) is 0 Å². The first-order chi connectivity index (χ1) is 9.77. The SMILES string of the molecule is CCCNC(CN(C)C(C)C(C)(C)C)c1ccccc1F. The van der Waals surface area contributed by atoms with Gasteiger partial charge in [0, 0.05) is 24.2 Å². The zero-order valence-electron chi connectivity index (χ0n) is 14.4. The van der Waals surface area contributed by atoms with E-state index in [0.717, 1.165) is 25.1 Å². The lowest BCUT2D eigenvalue weighted by atomic mass is 9.87. The lowest BCUT2D eigenvalue weighted by Gasteiger charge is -2.37. The summed E-state index contributed by atoms with van der Waals surface area (Å²) in [6.45, 7) is 12.8. The van der Waals surface area contributed by atoms with E-state index in [2.05, 4.69) is 51.9 Å². The monoisotopic (exact) mass is 294 g/mol.